The first kappa shape index (κ1) is 15.6. The summed E-state index contributed by atoms with van der Waals surface area (Å²) in [5.41, 5.74) is 1.67. The molecule has 128 valence electrons. The minimum atomic E-state index is 0.0891. The lowest BCUT2D eigenvalue weighted by molar-refractivity contribution is -0.118. The van der Waals surface area contributed by atoms with Crippen LogP contribution in [0.5, 0.6) is 0 Å². The summed E-state index contributed by atoms with van der Waals surface area (Å²) < 4.78 is 0. The normalized spacial score (nSPS) is 29.1. The third-order valence-corrected chi connectivity index (χ3v) is 5.56. The number of anilines is 2. The molecule has 2 bridgehead atoms. The van der Waals surface area contributed by atoms with Crippen LogP contribution in [0.3, 0.4) is 0 Å². The second kappa shape index (κ2) is 6.55. The van der Waals surface area contributed by atoms with Crippen LogP contribution in [0, 0.1) is 5.92 Å². The van der Waals surface area contributed by atoms with Crippen LogP contribution in [0.1, 0.15) is 44.9 Å². The zero-order chi connectivity index (χ0) is 16.5. The number of hydrogen-bond acceptors (Lipinski definition) is 3. The molecule has 4 rings (SSSR count). The van der Waals surface area contributed by atoms with Crippen LogP contribution in [0.4, 0.5) is 11.4 Å². The van der Waals surface area contributed by atoms with Gasteiger partial charge in [0.25, 0.3) is 0 Å². The number of piperidine rings is 1. The molecule has 2 amide bonds. The van der Waals surface area contributed by atoms with Gasteiger partial charge in [-0.25, -0.2) is 0 Å². The van der Waals surface area contributed by atoms with Gasteiger partial charge in [-0.2, -0.15) is 0 Å². The van der Waals surface area contributed by atoms with Crippen LogP contribution >= 0.6 is 0 Å². The molecule has 24 heavy (non-hydrogen) atoms. The average Bonchev–Trinajstić information content (AvgIpc) is 3.13. The third kappa shape index (κ3) is 3.31. The first-order valence-electron chi connectivity index (χ1n) is 9.14. The second-order valence-electron chi connectivity index (χ2n) is 7.43. The Morgan fingerprint density at radius 2 is 2.04 bits per heavy atom. The topological polar surface area (TPSA) is 61.4 Å². The maximum atomic E-state index is 12.4. The Bertz CT molecular complexity index is 633. The summed E-state index contributed by atoms with van der Waals surface area (Å²) in [5, 5.41) is 6.64. The number of amides is 2. The maximum absolute atomic E-state index is 12.4. The van der Waals surface area contributed by atoms with Gasteiger partial charge in [0.15, 0.2) is 0 Å². The number of rotatable bonds is 4. The number of fused-ring (bicyclic) bond motifs is 2. The summed E-state index contributed by atoms with van der Waals surface area (Å²) in [6.45, 7) is 0.772. The molecule has 3 heterocycles. The van der Waals surface area contributed by atoms with E-state index in [0.29, 0.717) is 30.8 Å². The Morgan fingerprint density at radius 1 is 1.25 bits per heavy atom. The number of hydrogen-bond donors (Lipinski definition) is 2. The second-order valence-corrected chi connectivity index (χ2v) is 7.43. The minimum Gasteiger partial charge on any atom is -0.326 e. The number of benzene rings is 1. The molecule has 5 heteroatoms. The van der Waals surface area contributed by atoms with E-state index in [2.05, 4.69) is 10.6 Å². The molecule has 1 aromatic rings. The molecule has 3 aliphatic rings. The van der Waals surface area contributed by atoms with E-state index in [0.717, 1.165) is 37.2 Å². The molecule has 3 fully saturated rings. The summed E-state index contributed by atoms with van der Waals surface area (Å²) in [6.07, 6.45) is 6.88. The Hall–Kier alpha value is -1.88. The highest BCUT2D eigenvalue weighted by molar-refractivity contribution is 5.97. The van der Waals surface area contributed by atoms with Crippen molar-refractivity contribution in [3.63, 3.8) is 0 Å². The fraction of sp³-hybridized carbons (Fsp3) is 0.579. The fourth-order valence-electron chi connectivity index (χ4n) is 4.49. The highest BCUT2D eigenvalue weighted by Crippen LogP contribution is 2.33. The van der Waals surface area contributed by atoms with E-state index in [1.165, 1.54) is 12.8 Å². The Labute approximate surface area is 142 Å². The smallest absolute Gasteiger partial charge is 0.227 e. The van der Waals surface area contributed by atoms with E-state index < -0.39 is 0 Å². The van der Waals surface area contributed by atoms with E-state index in [1.54, 1.807) is 4.90 Å². The summed E-state index contributed by atoms with van der Waals surface area (Å²) in [6, 6.07) is 8.88. The highest BCUT2D eigenvalue weighted by atomic mass is 16.2. The lowest BCUT2D eigenvalue weighted by atomic mass is 9.89. The summed E-state index contributed by atoms with van der Waals surface area (Å²) >= 11 is 0. The van der Waals surface area contributed by atoms with Gasteiger partial charge in [0.1, 0.15) is 0 Å². The highest BCUT2D eigenvalue weighted by Gasteiger charge is 2.34. The zero-order valence-corrected chi connectivity index (χ0v) is 14.0. The van der Waals surface area contributed by atoms with Crippen molar-refractivity contribution in [3.8, 4) is 0 Å². The Kier molecular flexibility index (Phi) is 4.27. The molecular weight excluding hydrogens is 302 g/mol. The van der Waals surface area contributed by atoms with E-state index >= 15 is 0 Å². The molecule has 2 unspecified atom stereocenters. The third-order valence-electron chi connectivity index (χ3n) is 5.56. The van der Waals surface area contributed by atoms with Crippen molar-refractivity contribution in [2.24, 2.45) is 5.92 Å². The van der Waals surface area contributed by atoms with Gasteiger partial charge in [-0.05, 0) is 56.2 Å². The molecule has 3 aliphatic heterocycles. The fourth-order valence-corrected chi connectivity index (χ4v) is 4.49. The number of nitrogens with one attached hydrogen (secondary N) is 2. The van der Waals surface area contributed by atoms with Crippen molar-refractivity contribution in [2.45, 2.75) is 57.0 Å². The number of nitrogens with zero attached hydrogens (tertiary/aromatic N) is 1. The van der Waals surface area contributed by atoms with Crippen molar-refractivity contribution < 1.29 is 9.59 Å². The van der Waals surface area contributed by atoms with Crippen LogP contribution in [0.2, 0.25) is 0 Å². The van der Waals surface area contributed by atoms with Crippen molar-refractivity contribution >= 4 is 23.2 Å². The maximum Gasteiger partial charge on any atom is 0.227 e. The number of carbonyl (C=O) groups is 2. The van der Waals surface area contributed by atoms with E-state index in [1.807, 2.05) is 24.3 Å². The quantitative estimate of drug-likeness (QED) is 0.894. The Morgan fingerprint density at radius 3 is 2.75 bits per heavy atom. The predicted octanol–water partition coefficient (Wildman–Crippen LogP) is 2.67. The van der Waals surface area contributed by atoms with Crippen molar-refractivity contribution in [2.75, 3.05) is 16.8 Å². The molecule has 5 nitrogen and oxygen atoms in total. The standard InChI is InChI=1S/C19H25N3O2/c23-18(11-13-9-15-6-7-16(10-13)20-15)21-14-3-1-4-17(12-14)22-8-2-5-19(22)24/h1,3-4,12-13,15-16,20H,2,5-11H2,(H,21,23). The molecule has 0 saturated carbocycles. The van der Waals surface area contributed by atoms with Gasteiger partial charge in [0, 0.05) is 42.8 Å². The first-order chi connectivity index (χ1) is 11.7. The SMILES string of the molecule is O=C(CC1CC2CCC(C1)N2)Nc1cccc(N2CCCC2=O)c1. The summed E-state index contributed by atoms with van der Waals surface area (Å²) in [5.74, 6) is 0.752. The van der Waals surface area contributed by atoms with Crippen molar-refractivity contribution in [1.29, 1.82) is 0 Å². The molecule has 2 N–H and O–H groups in total. The molecule has 2 atom stereocenters. The van der Waals surface area contributed by atoms with Gasteiger partial charge in [-0.3, -0.25) is 9.59 Å². The van der Waals surface area contributed by atoms with E-state index in [-0.39, 0.29) is 11.8 Å². The van der Waals surface area contributed by atoms with Gasteiger partial charge in [0.2, 0.25) is 11.8 Å². The molecule has 0 radical (unpaired) electrons. The van der Waals surface area contributed by atoms with Crippen LogP contribution in [-0.4, -0.2) is 30.4 Å². The summed E-state index contributed by atoms with van der Waals surface area (Å²) in [4.78, 5) is 26.1. The van der Waals surface area contributed by atoms with Gasteiger partial charge < -0.3 is 15.5 Å². The van der Waals surface area contributed by atoms with Crippen molar-refractivity contribution in [3.05, 3.63) is 24.3 Å². The van der Waals surface area contributed by atoms with Gasteiger partial charge in [-0.15, -0.1) is 0 Å². The first-order valence-corrected chi connectivity index (χ1v) is 9.14. The summed E-state index contributed by atoms with van der Waals surface area (Å²) in [7, 11) is 0. The molecule has 3 saturated heterocycles. The lowest BCUT2D eigenvalue weighted by Crippen LogP contribution is -2.39. The van der Waals surface area contributed by atoms with Gasteiger partial charge >= 0.3 is 0 Å². The van der Waals surface area contributed by atoms with Crippen LogP contribution in [-0.2, 0) is 9.59 Å². The van der Waals surface area contributed by atoms with Gasteiger partial charge in [-0.1, -0.05) is 6.07 Å². The largest absolute Gasteiger partial charge is 0.326 e. The van der Waals surface area contributed by atoms with Crippen LogP contribution in [0.25, 0.3) is 0 Å². The predicted molar refractivity (Wildman–Crippen MR) is 93.9 cm³/mol. The molecular formula is C19H25N3O2. The van der Waals surface area contributed by atoms with Crippen molar-refractivity contribution in [1.82, 2.24) is 5.32 Å². The van der Waals surface area contributed by atoms with Crippen LogP contribution in [0.15, 0.2) is 24.3 Å². The van der Waals surface area contributed by atoms with E-state index in [4.69, 9.17) is 0 Å². The zero-order valence-electron chi connectivity index (χ0n) is 14.0. The Balaban J connectivity index is 1.36. The van der Waals surface area contributed by atoms with Crippen LogP contribution < -0.4 is 15.5 Å². The molecule has 0 aromatic heterocycles. The molecule has 1 aromatic carbocycles. The number of carbonyl (C=O) groups excluding carboxylic acids is 2. The van der Waals surface area contributed by atoms with E-state index in [9.17, 15) is 9.59 Å². The molecule has 0 spiro atoms. The van der Waals surface area contributed by atoms with Gasteiger partial charge in [0.05, 0.1) is 0 Å². The monoisotopic (exact) mass is 327 g/mol. The lowest BCUT2D eigenvalue weighted by Gasteiger charge is -2.28. The average molecular weight is 327 g/mol. The minimum absolute atomic E-state index is 0.0891. The molecule has 0 aliphatic carbocycles.